The van der Waals surface area contributed by atoms with Gasteiger partial charge >= 0.3 is 12.0 Å². The van der Waals surface area contributed by atoms with E-state index in [1.54, 1.807) is 0 Å². The number of hydrogen-bond donors (Lipinski definition) is 2. The van der Waals surface area contributed by atoms with Gasteiger partial charge in [-0.05, 0) is 5.92 Å². The lowest BCUT2D eigenvalue weighted by Crippen LogP contribution is -2.56. The summed E-state index contributed by atoms with van der Waals surface area (Å²) in [6.45, 7) is 4.92. The second kappa shape index (κ2) is 7.82. The third-order valence-electron chi connectivity index (χ3n) is 3.09. The number of aliphatic carboxylic acids is 1. The standard InChI is InChI=1S/C13H23N3O5/c1-9(2)6-15(7-11(14)17)13(20)16-3-4-21-8-10(16)5-12(18)19/h9-10H,3-8H2,1-2H3,(H2,14,17)(H,18,19). The smallest absolute Gasteiger partial charge is 0.320 e. The molecule has 1 heterocycles. The van der Waals surface area contributed by atoms with Gasteiger partial charge < -0.3 is 25.4 Å². The largest absolute Gasteiger partial charge is 0.481 e. The Kier molecular flexibility index (Phi) is 6.41. The molecule has 1 aliphatic rings. The van der Waals surface area contributed by atoms with Crippen molar-refractivity contribution in [1.29, 1.82) is 0 Å². The predicted molar refractivity (Wildman–Crippen MR) is 74.6 cm³/mol. The number of carboxylic acid groups (broad SMARTS) is 1. The van der Waals surface area contributed by atoms with Crippen molar-refractivity contribution in [3.05, 3.63) is 0 Å². The average Bonchev–Trinajstić information content (AvgIpc) is 2.36. The molecule has 1 fully saturated rings. The normalized spacial score (nSPS) is 18.6. The van der Waals surface area contributed by atoms with Crippen molar-refractivity contribution in [1.82, 2.24) is 9.80 Å². The van der Waals surface area contributed by atoms with Gasteiger partial charge in [0, 0.05) is 13.1 Å². The molecule has 3 amide bonds. The fraction of sp³-hybridized carbons (Fsp3) is 0.769. The number of urea groups is 1. The molecule has 0 aromatic rings. The molecule has 1 atom stereocenters. The van der Waals surface area contributed by atoms with Crippen LogP contribution in [0.5, 0.6) is 0 Å². The molecule has 0 saturated carbocycles. The predicted octanol–water partition coefficient (Wildman–Crippen LogP) is -0.275. The van der Waals surface area contributed by atoms with Crippen molar-refractivity contribution >= 4 is 17.9 Å². The Morgan fingerprint density at radius 1 is 1.43 bits per heavy atom. The number of ether oxygens (including phenoxy) is 1. The Hall–Kier alpha value is -1.83. The SMILES string of the molecule is CC(C)CN(CC(N)=O)C(=O)N1CCOCC1CC(=O)O. The molecule has 0 bridgehead atoms. The molecular formula is C13H23N3O5. The first-order chi connectivity index (χ1) is 9.81. The lowest BCUT2D eigenvalue weighted by Gasteiger charge is -2.38. The molecule has 3 N–H and O–H groups in total. The maximum atomic E-state index is 12.6. The summed E-state index contributed by atoms with van der Waals surface area (Å²) >= 11 is 0. The molecule has 21 heavy (non-hydrogen) atoms. The van der Waals surface area contributed by atoms with Gasteiger partial charge in [-0.2, -0.15) is 0 Å². The minimum Gasteiger partial charge on any atom is -0.481 e. The van der Waals surface area contributed by atoms with Crippen molar-refractivity contribution in [3.63, 3.8) is 0 Å². The second-order valence-electron chi connectivity index (χ2n) is 5.54. The molecule has 120 valence electrons. The minimum absolute atomic E-state index is 0.172. The first-order valence-electron chi connectivity index (χ1n) is 6.94. The van der Waals surface area contributed by atoms with Crippen LogP contribution >= 0.6 is 0 Å². The maximum absolute atomic E-state index is 12.6. The number of nitrogens with two attached hydrogens (primary N) is 1. The summed E-state index contributed by atoms with van der Waals surface area (Å²) in [7, 11) is 0. The van der Waals surface area contributed by atoms with Gasteiger partial charge in [0.15, 0.2) is 0 Å². The van der Waals surface area contributed by atoms with E-state index in [2.05, 4.69) is 0 Å². The number of morpholine rings is 1. The van der Waals surface area contributed by atoms with Gasteiger partial charge in [-0.1, -0.05) is 13.8 Å². The topological polar surface area (TPSA) is 113 Å². The third-order valence-corrected chi connectivity index (χ3v) is 3.09. The van der Waals surface area contributed by atoms with Crippen molar-refractivity contribution in [2.24, 2.45) is 11.7 Å². The van der Waals surface area contributed by atoms with Crippen LogP contribution in [0.2, 0.25) is 0 Å². The molecule has 0 aromatic heterocycles. The highest BCUT2D eigenvalue weighted by Crippen LogP contribution is 2.14. The quantitative estimate of drug-likeness (QED) is 0.701. The highest BCUT2D eigenvalue weighted by Gasteiger charge is 2.32. The van der Waals surface area contributed by atoms with Gasteiger partial charge in [0.1, 0.15) is 6.54 Å². The molecule has 8 heteroatoms. The number of nitrogens with zero attached hydrogens (tertiary/aromatic N) is 2. The van der Waals surface area contributed by atoms with Crippen LogP contribution in [-0.4, -0.2) is 71.7 Å². The Morgan fingerprint density at radius 2 is 2.10 bits per heavy atom. The molecule has 1 unspecified atom stereocenters. The maximum Gasteiger partial charge on any atom is 0.320 e. The number of carbonyl (C=O) groups is 3. The van der Waals surface area contributed by atoms with E-state index < -0.39 is 17.9 Å². The molecule has 0 aliphatic carbocycles. The number of rotatable bonds is 6. The summed E-state index contributed by atoms with van der Waals surface area (Å²) < 4.78 is 5.24. The van der Waals surface area contributed by atoms with Crippen LogP contribution in [0.3, 0.4) is 0 Å². The summed E-state index contributed by atoms with van der Waals surface area (Å²) in [5.74, 6) is -1.41. The minimum atomic E-state index is -0.992. The van der Waals surface area contributed by atoms with Crippen LogP contribution in [0.25, 0.3) is 0 Å². The lowest BCUT2D eigenvalue weighted by atomic mass is 10.1. The third kappa shape index (κ3) is 5.58. The molecule has 0 aromatic carbocycles. The number of hydrogen-bond acceptors (Lipinski definition) is 4. The first kappa shape index (κ1) is 17.2. The van der Waals surface area contributed by atoms with Gasteiger partial charge in [0.25, 0.3) is 0 Å². The fourth-order valence-electron chi connectivity index (χ4n) is 2.30. The van der Waals surface area contributed by atoms with Crippen LogP contribution in [0, 0.1) is 5.92 Å². The van der Waals surface area contributed by atoms with Crippen molar-refractivity contribution in [2.45, 2.75) is 26.3 Å². The Labute approximate surface area is 123 Å². The van der Waals surface area contributed by atoms with E-state index in [9.17, 15) is 14.4 Å². The Bertz CT molecular complexity index is 399. The lowest BCUT2D eigenvalue weighted by molar-refractivity contribution is -0.139. The van der Waals surface area contributed by atoms with Gasteiger partial charge in [-0.3, -0.25) is 9.59 Å². The van der Waals surface area contributed by atoms with Crippen LogP contribution in [0.1, 0.15) is 20.3 Å². The average molecular weight is 301 g/mol. The molecule has 1 aliphatic heterocycles. The number of primary amides is 1. The van der Waals surface area contributed by atoms with Gasteiger partial charge in [-0.25, -0.2) is 4.79 Å². The zero-order valence-corrected chi connectivity index (χ0v) is 12.4. The Balaban J connectivity index is 2.82. The fourth-order valence-corrected chi connectivity index (χ4v) is 2.30. The van der Waals surface area contributed by atoms with E-state index in [-0.39, 0.29) is 31.5 Å². The van der Waals surface area contributed by atoms with Crippen molar-refractivity contribution < 1.29 is 24.2 Å². The van der Waals surface area contributed by atoms with E-state index in [4.69, 9.17) is 15.6 Å². The van der Waals surface area contributed by atoms with Gasteiger partial charge in [0.05, 0.1) is 25.7 Å². The van der Waals surface area contributed by atoms with Crippen LogP contribution < -0.4 is 5.73 Å². The highest BCUT2D eigenvalue weighted by molar-refractivity contribution is 5.83. The van der Waals surface area contributed by atoms with Crippen molar-refractivity contribution in [3.8, 4) is 0 Å². The second-order valence-corrected chi connectivity index (χ2v) is 5.54. The van der Waals surface area contributed by atoms with Gasteiger partial charge in [0.2, 0.25) is 5.91 Å². The summed E-state index contributed by atoms with van der Waals surface area (Å²) in [4.78, 5) is 37.4. The van der Waals surface area contributed by atoms with Crippen LogP contribution in [0.4, 0.5) is 4.79 Å². The van der Waals surface area contributed by atoms with E-state index in [0.717, 1.165) is 0 Å². The molecule has 0 spiro atoms. The van der Waals surface area contributed by atoms with E-state index in [1.807, 2.05) is 13.8 Å². The number of carboxylic acids is 1. The summed E-state index contributed by atoms with van der Waals surface area (Å²) in [6.07, 6.45) is -0.183. The summed E-state index contributed by atoms with van der Waals surface area (Å²) in [5, 5.41) is 8.91. The number of amides is 3. The van der Waals surface area contributed by atoms with Crippen LogP contribution in [-0.2, 0) is 14.3 Å². The van der Waals surface area contributed by atoms with E-state index in [1.165, 1.54) is 9.80 Å². The molecule has 8 nitrogen and oxygen atoms in total. The zero-order chi connectivity index (χ0) is 16.0. The van der Waals surface area contributed by atoms with E-state index >= 15 is 0 Å². The van der Waals surface area contributed by atoms with Crippen LogP contribution in [0.15, 0.2) is 0 Å². The molecule has 1 saturated heterocycles. The van der Waals surface area contributed by atoms with Crippen molar-refractivity contribution in [2.75, 3.05) is 32.8 Å². The Morgan fingerprint density at radius 3 is 2.62 bits per heavy atom. The number of carbonyl (C=O) groups excluding carboxylic acids is 2. The summed E-state index contributed by atoms with van der Waals surface area (Å²) in [6, 6.07) is -0.886. The molecular weight excluding hydrogens is 278 g/mol. The zero-order valence-electron chi connectivity index (χ0n) is 12.4. The highest BCUT2D eigenvalue weighted by atomic mass is 16.5. The molecule has 0 radical (unpaired) electrons. The monoisotopic (exact) mass is 301 g/mol. The summed E-state index contributed by atoms with van der Waals surface area (Å²) in [5.41, 5.74) is 5.18. The first-order valence-corrected chi connectivity index (χ1v) is 6.94. The molecule has 1 rings (SSSR count). The van der Waals surface area contributed by atoms with Gasteiger partial charge in [-0.15, -0.1) is 0 Å². The van der Waals surface area contributed by atoms with E-state index in [0.29, 0.717) is 19.7 Å².